The van der Waals surface area contributed by atoms with Crippen molar-refractivity contribution in [3.8, 4) is 39.6 Å². The van der Waals surface area contributed by atoms with E-state index in [9.17, 15) is 0 Å². The van der Waals surface area contributed by atoms with E-state index in [4.69, 9.17) is 9.97 Å². The van der Waals surface area contributed by atoms with Crippen LogP contribution in [0.1, 0.15) is 12.8 Å². The van der Waals surface area contributed by atoms with Gasteiger partial charge in [-0.1, -0.05) is 127 Å². The van der Waals surface area contributed by atoms with Gasteiger partial charge in [0, 0.05) is 69.8 Å². The Labute approximate surface area is 332 Å². The number of benzene rings is 7. The number of hydrogen-bond donors (Lipinski definition) is 0. The summed E-state index contributed by atoms with van der Waals surface area (Å²) in [4.78, 5) is 10.7. The number of allylic oxidation sites excluding steroid dienone is 4. The fourth-order valence-corrected chi connectivity index (χ4v) is 10.1. The summed E-state index contributed by atoms with van der Waals surface area (Å²) < 4.78 is 7.35. The predicted octanol–water partition coefficient (Wildman–Crippen LogP) is 14.2. The summed E-state index contributed by atoms with van der Waals surface area (Å²) in [6, 6.07) is 59.0. The van der Waals surface area contributed by atoms with E-state index in [0.29, 0.717) is 5.82 Å². The first-order valence-electron chi connectivity index (χ1n) is 19.6. The van der Waals surface area contributed by atoms with Crippen LogP contribution in [-0.4, -0.2) is 19.1 Å². The molecule has 0 spiro atoms. The third-order valence-electron chi connectivity index (χ3n) is 11.5. The molecule has 5 heteroatoms. The second-order valence-corrected chi connectivity index (χ2v) is 15.9. The monoisotopic (exact) mass is 746 g/mol. The molecule has 4 aromatic heterocycles. The van der Waals surface area contributed by atoms with E-state index >= 15 is 0 Å². The van der Waals surface area contributed by atoms with Crippen molar-refractivity contribution in [3.63, 3.8) is 0 Å². The molecule has 11 aromatic rings. The van der Waals surface area contributed by atoms with Crippen LogP contribution in [0.3, 0.4) is 0 Å². The van der Waals surface area contributed by atoms with Gasteiger partial charge >= 0.3 is 0 Å². The zero-order valence-electron chi connectivity index (χ0n) is 30.9. The summed E-state index contributed by atoms with van der Waals surface area (Å²) in [6.07, 6.45) is 9.07. The fourth-order valence-electron chi connectivity index (χ4n) is 8.94. The van der Waals surface area contributed by atoms with E-state index in [1.54, 1.807) is 0 Å². The van der Waals surface area contributed by atoms with Crippen LogP contribution >= 0.6 is 11.3 Å². The Balaban J connectivity index is 1.19. The number of fused-ring (bicyclic) bond motifs is 9. The maximum Gasteiger partial charge on any atom is 0.161 e. The number of hydrogen-bond acceptors (Lipinski definition) is 3. The molecular weight excluding hydrogens is 713 g/mol. The molecule has 12 rings (SSSR count). The predicted molar refractivity (Wildman–Crippen MR) is 241 cm³/mol. The Morgan fingerprint density at radius 1 is 0.456 bits per heavy atom. The fraction of sp³-hybridized carbons (Fsp3) is 0.0385. The average Bonchev–Trinajstić information content (AvgIpc) is 3.93. The van der Waals surface area contributed by atoms with E-state index in [2.05, 4.69) is 191 Å². The molecule has 7 aromatic carbocycles. The van der Waals surface area contributed by atoms with E-state index in [1.165, 1.54) is 69.5 Å². The van der Waals surface area contributed by atoms with Gasteiger partial charge in [0.15, 0.2) is 5.82 Å². The number of aromatic nitrogens is 4. The van der Waals surface area contributed by atoms with Gasteiger partial charge in [-0.15, -0.1) is 11.3 Å². The Kier molecular flexibility index (Phi) is 7.19. The highest BCUT2D eigenvalue weighted by Gasteiger charge is 2.22. The van der Waals surface area contributed by atoms with Gasteiger partial charge < -0.3 is 9.13 Å². The lowest BCUT2D eigenvalue weighted by atomic mass is 10.0. The van der Waals surface area contributed by atoms with Crippen LogP contribution in [0, 0.1) is 0 Å². The van der Waals surface area contributed by atoms with Crippen molar-refractivity contribution in [1.29, 1.82) is 0 Å². The lowest BCUT2D eigenvalue weighted by Gasteiger charge is -2.14. The molecule has 0 saturated carbocycles. The highest BCUT2D eigenvalue weighted by Crippen LogP contribution is 2.45. The van der Waals surface area contributed by atoms with Crippen LogP contribution in [0.5, 0.6) is 0 Å². The molecule has 4 heterocycles. The SMILES string of the molecule is C1=CC(n2c3ccccc3c3cc4c5ccccc5n(-c5cc(-c6nc(-c7ccccc7)cc(-c7ccccc7)n6)c6sc7ccccc7c6c5)c4cc32)=CCC1. The quantitative estimate of drug-likeness (QED) is 0.176. The molecule has 0 unspecified atom stereocenters. The van der Waals surface area contributed by atoms with Crippen LogP contribution in [0.15, 0.2) is 182 Å². The normalized spacial score (nSPS) is 13.2. The summed E-state index contributed by atoms with van der Waals surface area (Å²) >= 11 is 1.82. The number of rotatable bonds is 5. The minimum atomic E-state index is 0.716. The third-order valence-corrected chi connectivity index (χ3v) is 12.7. The zero-order chi connectivity index (χ0) is 37.5. The number of thiophene rings is 1. The van der Waals surface area contributed by atoms with Crippen molar-refractivity contribution in [3.05, 3.63) is 182 Å². The number of para-hydroxylation sites is 2. The highest BCUT2D eigenvalue weighted by molar-refractivity contribution is 7.26. The van der Waals surface area contributed by atoms with Crippen LogP contribution in [0.4, 0.5) is 0 Å². The van der Waals surface area contributed by atoms with Gasteiger partial charge in [-0.2, -0.15) is 0 Å². The van der Waals surface area contributed by atoms with Gasteiger partial charge in [0.25, 0.3) is 0 Å². The van der Waals surface area contributed by atoms with Gasteiger partial charge in [-0.3, -0.25) is 0 Å². The summed E-state index contributed by atoms with van der Waals surface area (Å²) in [5.41, 5.74) is 12.0. The van der Waals surface area contributed by atoms with Crippen molar-refractivity contribution < 1.29 is 0 Å². The van der Waals surface area contributed by atoms with Crippen molar-refractivity contribution in [2.45, 2.75) is 12.8 Å². The molecule has 1 aliphatic carbocycles. The van der Waals surface area contributed by atoms with Crippen molar-refractivity contribution in [1.82, 2.24) is 19.1 Å². The van der Waals surface area contributed by atoms with Gasteiger partial charge in [-0.05, 0) is 67.4 Å². The van der Waals surface area contributed by atoms with Crippen LogP contribution in [0.25, 0.3) is 109 Å². The molecule has 0 saturated heterocycles. The molecule has 0 aliphatic heterocycles. The molecule has 0 amide bonds. The first-order valence-corrected chi connectivity index (χ1v) is 20.4. The van der Waals surface area contributed by atoms with Crippen molar-refractivity contribution in [2.75, 3.05) is 0 Å². The molecule has 0 atom stereocenters. The Morgan fingerprint density at radius 3 is 1.72 bits per heavy atom. The summed E-state index contributed by atoms with van der Waals surface area (Å²) in [6.45, 7) is 0. The lowest BCUT2D eigenvalue weighted by molar-refractivity contribution is 1.02. The topological polar surface area (TPSA) is 35.6 Å². The van der Waals surface area contributed by atoms with E-state index < -0.39 is 0 Å². The Bertz CT molecular complexity index is 3400. The largest absolute Gasteiger partial charge is 0.310 e. The zero-order valence-corrected chi connectivity index (χ0v) is 31.7. The van der Waals surface area contributed by atoms with Gasteiger partial charge in [0.1, 0.15) is 0 Å². The van der Waals surface area contributed by atoms with E-state index in [-0.39, 0.29) is 0 Å². The first-order chi connectivity index (χ1) is 28.3. The van der Waals surface area contributed by atoms with Gasteiger partial charge in [-0.25, -0.2) is 9.97 Å². The lowest BCUT2D eigenvalue weighted by Crippen LogP contribution is -1.99. The second-order valence-electron chi connectivity index (χ2n) is 14.9. The van der Waals surface area contributed by atoms with E-state index in [0.717, 1.165) is 46.6 Å². The highest BCUT2D eigenvalue weighted by atomic mass is 32.1. The van der Waals surface area contributed by atoms with Crippen molar-refractivity contribution in [2.24, 2.45) is 0 Å². The average molecular weight is 747 g/mol. The minimum Gasteiger partial charge on any atom is -0.310 e. The summed E-state index contributed by atoms with van der Waals surface area (Å²) in [7, 11) is 0. The Morgan fingerprint density at radius 2 is 1.05 bits per heavy atom. The van der Waals surface area contributed by atoms with Crippen LogP contribution < -0.4 is 0 Å². The first kappa shape index (κ1) is 32.2. The third kappa shape index (κ3) is 5.06. The molecule has 4 nitrogen and oxygen atoms in total. The molecule has 0 fully saturated rings. The Hall–Kier alpha value is -7.08. The van der Waals surface area contributed by atoms with E-state index in [1.807, 2.05) is 11.3 Å². The standard InChI is InChI=1S/C52H34N4S/c1-4-16-33(17-5-1)44-31-45(34-18-6-2-7-19-34)54-52(53-44)43-29-36(28-42-39-24-12-15-27-50(39)57-51(42)43)56-47-26-14-11-23-38(47)41-30-40-37-22-10-13-25-46(37)55(48(40)32-49(41)56)35-20-8-3-9-21-35/h1-2,4-8,10-32H,3,9H2. The molecule has 268 valence electrons. The smallest absolute Gasteiger partial charge is 0.161 e. The van der Waals surface area contributed by atoms with Crippen molar-refractivity contribution >= 4 is 80.8 Å². The maximum absolute atomic E-state index is 5.37. The molecule has 0 N–H and O–H groups in total. The summed E-state index contributed by atoms with van der Waals surface area (Å²) in [5.74, 6) is 0.716. The summed E-state index contributed by atoms with van der Waals surface area (Å²) in [5, 5.41) is 7.44. The second kappa shape index (κ2) is 12.7. The van der Waals surface area contributed by atoms with Gasteiger partial charge in [0.2, 0.25) is 0 Å². The van der Waals surface area contributed by atoms with Gasteiger partial charge in [0.05, 0.1) is 33.5 Å². The molecule has 57 heavy (non-hydrogen) atoms. The molecular formula is C52H34N4S. The van der Waals surface area contributed by atoms with Crippen LogP contribution in [-0.2, 0) is 0 Å². The maximum atomic E-state index is 5.37. The number of nitrogens with zero attached hydrogens (tertiary/aromatic N) is 4. The molecule has 1 aliphatic rings. The molecule has 0 radical (unpaired) electrons. The van der Waals surface area contributed by atoms with Crippen LogP contribution in [0.2, 0.25) is 0 Å². The minimum absolute atomic E-state index is 0.716. The molecule has 0 bridgehead atoms.